The highest BCUT2D eigenvalue weighted by molar-refractivity contribution is 7.92. The first-order valence-electron chi connectivity index (χ1n) is 7.73. The summed E-state index contributed by atoms with van der Waals surface area (Å²) in [7, 11) is -3.03. The third-order valence-corrected chi connectivity index (χ3v) is 7.50. The molecule has 0 spiro atoms. The zero-order valence-electron chi connectivity index (χ0n) is 13.2. The molecule has 0 amide bonds. The molecule has 1 aliphatic rings. The van der Waals surface area contributed by atoms with Crippen LogP contribution in [-0.2, 0) is 9.84 Å². The van der Waals surface area contributed by atoms with Crippen LogP contribution in [0.1, 0.15) is 66.7 Å². The second-order valence-electron chi connectivity index (χ2n) is 6.66. The van der Waals surface area contributed by atoms with E-state index in [1.165, 1.54) is 0 Å². The second-order valence-corrected chi connectivity index (χ2v) is 9.25. The Morgan fingerprint density at radius 1 is 1.32 bits per heavy atom. The molecule has 1 aliphatic carbocycles. The van der Waals surface area contributed by atoms with Crippen LogP contribution in [0.4, 0.5) is 0 Å². The molecule has 3 nitrogen and oxygen atoms in total. The molecule has 0 bridgehead atoms. The predicted molar refractivity (Wildman–Crippen MR) is 82.2 cm³/mol. The zero-order chi connectivity index (χ0) is 14.7. The van der Waals surface area contributed by atoms with Gasteiger partial charge in [-0.3, -0.25) is 0 Å². The first-order chi connectivity index (χ1) is 8.77. The van der Waals surface area contributed by atoms with Crippen LogP contribution in [0.5, 0.6) is 0 Å². The Morgan fingerprint density at radius 2 is 1.95 bits per heavy atom. The van der Waals surface area contributed by atoms with Crippen molar-refractivity contribution in [1.82, 2.24) is 5.32 Å². The molecule has 1 saturated carbocycles. The van der Waals surface area contributed by atoms with Gasteiger partial charge in [-0.1, -0.05) is 34.1 Å². The summed E-state index contributed by atoms with van der Waals surface area (Å²) in [5, 5.41) is 3.08. The van der Waals surface area contributed by atoms with Crippen molar-refractivity contribution in [2.24, 2.45) is 5.41 Å². The predicted octanol–water partition coefficient (Wildman–Crippen LogP) is 3.15. The maximum Gasteiger partial charge on any atom is 0.157 e. The van der Waals surface area contributed by atoms with Crippen LogP contribution in [0.15, 0.2) is 0 Å². The zero-order valence-corrected chi connectivity index (χ0v) is 14.0. The number of hydrogen-bond donors (Lipinski definition) is 1. The average Bonchev–Trinajstić information content (AvgIpc) is 2.35. The van der Waals surface area contributed by atoms with E-state index in [2.05, 4.69) is 26.1 Å². The quantitative estimate of drug-likeness (QED) is 0.817. The Morgan fingerprint density at radius 3 is 2.47 bits per heavy atom. The van der Waals surface area contributed by atoms with Gasteiger partial charge in [-0.05, 0) is 44.6 Å². The van der Waals surface area contributed by atoms with Gasteiger partial charge in [0.1, 0.15) is 0 Å². The van der Waals surface area contributed by atoms with Crippen LogP contribution in [0.3, 0.4) is 0 Å². The molecule has 0 aromatic carbocycles. The van der Waals surface area contributed by atoms with Gasteiger partial charge in [-0.2, -0.15) is 0 Å². The van der Waals surface area contributed by atoms with Crippen molar-refractivity contribution < 1.29 is 8.42 Å². The van der Waals surface area contributed by atoms with E-state index in [1.807, 2.05) is 13.8 Å². The summed E-state index contributed by atoms with van der Waals surface area (Å²) >= 11 is 0. The molecule has 0 saturated heterocycles. The van der Waals surface area contributed by atoms with Crippen molar-refractivity contribution in [1.29, 1.82) is 0 Å². The summed E-state index contributed by atoms with van der Waals surface area (Å²) in [5.41, 5.74) is 0.0681. The highest BCUT2D eigenvalue weighted by Crippen LogP contribution is 2.39. The summed E-state index contributed by atoms with van der Waals surface area (Å²) in [6.45, 7) is 11.3. The Labute approximate surface area is 119 Å². The van der Waals surface area contributed by atoms with Crippen LogP contribution in [-0.4, -0.2) is 31.5 Å². The molecule has 1 rings (SSSR count). The van der Waals surface area contributed by atoms with Gasteiger partial charge >= 0.3 is 0 Å². The Balaban J connectivity index is 3.01. The molecular weight excluding hydrogens is 258 g/mol. The van der Waals surface area contributed by atoms with Crippen molar-refractivity contribution in [3.05, 3.63) is 0 Å². The summed E-state index contributed by atoms with van der Waals surface area (Å²) in [5.74, 6) is 0. The molecule has 1 N–H and O–H groups in total. The van der Waals surface area contributed by atoms with Crippen molar-refractivity contribution >= 4 is 9.84 Å². The maximum atomic E-state index is 12.7. The summed E-state index contributed by atoms with van der Waals surface area (Å²) < 4.78 is 25.5. The highest BCUT2D eigenvalue weighted by atomic mass is 32.2. The normalized spacial score (nSPS) is 29.1. The minimum Gasteiger partial charge on any atom is -0.312 e. The largest absolute Gasteiger partial charge is 0.312 e. The van der Waals surface area contributed by atoms with Gasteiger partial charge in [0.2, 0.25) is 0 Å². The summed E-state index contributed by atoms with van der Waals surface area (Å²) in [4.78, 5) is 0. The third kappa shape index (κ3) is 3.72. The summed E-state index contributed by atoms with van der Waals surface area (Å²) in [6, 6.07) is 0.0974. The fourth-order valence-corrected chi connectivity index (χ4v) is 5.58. The number of hydrogen-bond acceptors (Lipinski definition) is 3. The smallest absolute Gasteiger partial charge is 0.157 e. The lowest BCUT2D eigenvalue weighted by molar-refractivity contribution is 0.170. The minimum absolute atomic E-state index is 0.0681. The lowest BCUT2D eigenvalue weighted by Crippen LogP contribution is -2.56. The number of sulfone groups is 1. The molecule has 0 aliphatic heterocycles. The van der Waals surface area contributed by atoms with E-state index in [4.69, 9.17) is 0 Å². The van der Waals surface area contributed by atoms with Gasteiger partial charge in [-0.15, -0.1) is 0 Å². The molecule has 4 heteroatoms. The molecule has 3 unspecified atom stereocenters. The van der Waals surface area contributed by atoms with Crippen LogP contribution >= 0.6 is 0 Å². The SMILES string of the molecule is CCCNC1C(S(=O)(=O)C(C)CC)CCCC1(C)C. The van der Waals surface area contributed by atoms with Crippen LogP contribution in [0, 0.1) is 5.41 Å². The van der Waals surface area contributed by atoms with Crippen molar-refractivity contribution in [3.63, 3.8) is 0 Å². The lowest BCUT2D eigenvalue weighted by atomic mass is 9.73. The molecule has 114 valence electrons. The monoisotopic (exact) mass is 289 g/mol. The molecule has 0 radical (unpaired) electrons. The van der Waals surface area contributed by atoms with Gasteiger partial charge < -0.3 is 5.32 Å². The van der Waals surface area contributed by atoms with Crippen LogP contribution < -0.4 is 5.32 Å². The first kappa shape index (κ1) is 17.0. The lowest BCUT2D eigenvalue weighted by Gasteiger charge is -2.44. The van der Waals surface area contributed by atoms with E-state index < -0.39 is 9.84 Å². The standard InChI is InChI=1S/C15H31NO2S/c1-6-11-16-14-13(9-8-10-15(14,4)5)19(17,18)12(3)7-2/h12-14,16H,6-11H2,1-5H3. The Kier molecular flexibility index (Phi) is 5.87. The van der Waals surface area contributed by atoms with Gasteiger partial charge in [0.15, 0.2) is 9.84 Å². The van der Waals surface area contributed by atoms with E-state index in [1.54, 1.807) is 0 Å². The molecule has 1 fully saturated rings. The molecule has 0 aromatic rings. The Bertz CT molecular complexity index is 376. The van der Waals surface area contributed by atoms with E-state index in [9.17, 15) is 8.42 Å². The summed E-state index contributed by atoms with van der Waals surface area (Å²) in [6.07, 6.45) is 4.71. The fraction of sp³-hybridized carbons (Fsp3) is 1.00. The number of nitrogens with one attached hydrogen (secondary N) is 1. The van der Waals surface area contributed by atoms with Gasteiger partial charge in [-0.25, -0.2) is 8.42 Å². The third-order valence-electron chi connectivity index (χ3n) is 4.70. The second kappa shape index (κ2) is 6.57. The van der Waals surface area contributed by atoms with Crippen molar-refractivity contribution in [3.8, 4) is 0 Å². The van der Waals surface area contributed by atoms with E-state index in [-0.39, 0.29) is 22.0 Å². The van der Waals surface area contributed by atoms with Crippen molar-refractivity contribution in [2.75, 3.05) is 6.54 Å². The van der Waals surface area contributed by atoms with E-state index >= 15 is 0 Å². The average molecular weight is 289 g/mol. The highest BCUT2D eigenvalue weighted by Gasteiger charge is 2.45. The van der Waals surface area contributed by atoms with Gasteiger partial charge in [0.25, 0.3) is 0 Å². The first-order valence-corrected chi connectivity index (χ1v) is 9.34. The topological polar surface area (TPSA) is 46.2 Å². The van der Waals surface area contributed by atoms with Crippen LogP contribution in [0.25, 0.3) is 0 Å². The Hall–Kier alpha value is -0.0900. The minimum atomic E-state index is -3.03. The maximum absolute atomic E-state index is 12.7. The van der Waals surface area contributed by atoms with E-state index in [0.29, 0.717) is 6.42 Å². The molecule has 19 heavy (non-hydrogen) atoms. The molecular formula is C15H31NO2S. The number of rotatable bonds is 6. The molecule has 0 heterocycles. The molecule has 0 aromatic heterocycles. The van der Waals surface area contributed by atoms with E-state index in [0.717, 1.165) is 32.2 Å². The molecule has 3 atom stereocenters. The van der Waals surface area contributed by atoms with Crippen molar-refractivity contribution in [2.45, 2.75) is 83.3 Å². The van der Waals surface area contributed by atoms with Gasteiger partial charge in [0.05, 0.1) is 10.5 Å². The van der Waals surface area contributed by atoms with Crippen LogP contribution in [0.2, 0.25) is 0 Å². The van der Waals surface area contributed by atoms with Gasteiger partial charge in [0, 0.05) is 6.04 Å². The fourth-order valence-electron chi connectivity index (χ4n) is 3.18.